The lowest BCUT2D eigenvalue weighted by Crippen LogP contribution is -2.29. The summed E-state index contributed by atoms with van der Waals surface area (Å²) >= 11 is 0. The van der Waals surface area contributed by atoms with E-state index in [-0.39, 0.29) is 5.82 Å². The normalized spacial score (nSPS) is 17.0. The van der Waals surface area contributed by atoms with E-state index >= 15 is 0 Å². The molecule has 32 heavy (non-hydrogen) atoms. The molecule has 5 rings (SSSR count). The van der Waals surface area contributed by atoms with Crippen LogP contribution in [0.1, 0.15) is 74.0 Å². The molecule has 4 heteroatoms. The molecule has 0 amide bonds. The zero-order valence-corrected chi connectivity index (χ0v) is 19.2. The van der Waals surface area contributed by atoms with Crippen LogP contribution in [0.5, 0.6) is 0 Å². The Labute approximate surface area is 191 Å². The Morgan fingerprint density at radius 3 is 2.72 bits per heavy atom. The Bertz CT molecular complexity index is 1120. The number of anilines is 1. The molecule has 1 aromatic heterocycles. The molecule has 1 aliphatic carbocycles. The molecule has 0 atom stereocenters. The van der Waals surface area contributed by atoms with E-state index in [4.69, 9.17) is 4.98 Å². The Hall–Kier alpha value is -2.62. The summed E-state index contributed by atoms with van der Waals surface area (Å²) in [6.07, 6.45) is 11.9. The summed E-state index contributed by atoms with van der Waals surface area (Å²) < 4.78 is 17.0. The fraction of sp³-hybridized carbons (Fsp3) is 0.464. The number of benzene rings is 2. The van der Waals surface area contributed by atoms with Gasteiger partial charge in [-0.05, 0) is 61.4 Å². The van der Waals surface area contributed by atoms with Crippen molar-refractivity contribution in [3.8, 4) is 0 Å². The van der Waals surface area contributed by atoms with E-state index in [2.05, 4.69) is 34.2 Å². The maximum absolute atomic E-state index is 14.5. The third-order valence-electron chi connectivity index (χ3n) is 7.36. The van der Waals surface area contributed by atoms with Crippen LogP contribution in [0, 0.1) is 5.82 Å². The van der Waals surface area contributed by atoms with Crippen LogP contribution >= 0.6 is 0 Å². The highest BCUT2D eigenvalue weighted by Crippen LogP contribution is 2.38. The number of fused-ring (bicyclic) bond motifs is 3. The van der Waals surface area contributed by atoms with Gasteiger partial charge in [-0.1, -0.05) is 44.4 Å². The largest absolute Gasteiger partial charge is 0.368 e. The predicted octanol–water partition coefficient (Wildman–Crippen LogP) is 6.77. The number of imidazole rings is 1. The molecule has 168 valence electrons. The van der Waals surface area contributed by atoms with Crippen LogP contribution in [0.4, 0.5) is 10.1 Å². The minimum absolute atomic E-state index is 0.0947. The van der Waals surface area contributed by atoms with Crippen LogP contribution < -0.4 is 4.90 Å². The summed E-state index contributed by atoms with van der Waals surface area (Å²) in [6, 6.07) is 10.8. The predicted molar refractivity (Wildman–Crippen MR) is 131 cm³/mol. The van der Waals surface area contributed by atoms with Gasteiger partial charge in [0.1, 0.15) is 11.6 Å². The minimum atomic E-state index is -0.0947. The quantitative estimate of drug-likeness (QED) is 0.402. The van der Waals surface area contributed by atoms with Gasteiger partial charge < -0.3 is 9.47 Å². The average Bonchev–Trinajstić information content (AvgIpc) is 3.18. The third-order valence-corrected chi connectivity index (χ3v) is 7.36. The lowest BCUT2D eigenvalue weighted by molar-refractivity contribution is 0.353. The molecule has 0 bridgehead atoms. The number of rotatable bonds is 6. The molecule has 1 aliphatic heterocycles. The third kappa shape index (κ3) is 3.85. The van der Waals surface area contributed by atoms with E-state index in [1.54, 1.807) is 6.07 Å². The molecule has 0 unspecified atom stereocenters. The Morgan fingerprint density at radius 1 is 1.12 bits per heavy atom. The summed E-state index contributed by atoms with van der Waals surface area (Å²) in [5.74, 6) is 0.993. The molecule has 2 aliphatic rings. The highest BCUT2D eigenvalue weighted by Gasteiger charge is 2.26. The first-order valence-electron chi connectivity index (χ1n) is 12.4. The molecular formula is C28H34FN3. The zero-order valence-electron chi connectivity index (χ0n) is 19.2. The SMILES string of the molecule is C=CCN1CCCc2c1ccc1c2nc(Cc2ccc(CC)c(F)c2)n1C1CCCCC1. The topological polar surface area (TPSA) is 21.1 Å². The molecule has 0 N–H and O–H groups in total. The van der Waals surface area contributed by atoms with Gasteiger partial charge in [0.05, 0.1) is 11.0 Å². The van der Waals surface area contributed by atoms with E-state index < -0.39 is 0 Å². The van der Waals surface area contributed by atoms with Crippen molar-refractivity contribution in [3.63, 3.8) is 0 Å². The van der Waals surface area contributed by atoms with Crippen molar-refractivity contribution >= 4 is 16.7 Å². The smallest absolute Gasteiger partial charge is 0.126 e. The minimum Gasteiger partial charge on any atom is -0.368 e. The van der Waals surface area contributed by atoms with E-state index in [1.165, 1.54) is 48.9 Å². The highest BCUT2D eigenvalue weighted by molar-refractivity contribution is 5.86. The summed E-state index contributed by atoms with van der Waals surface area (Å²) in [4.78, 5) is 7.67. The number of hydrogen-bond donors (Lipinski definition) is 0. The zero-order chi connectivity index (χ0) is 22.1. The van der Waals surface area contributed by atoms with Crippen molar-refractivity contribution in [2.45, 2.75) is 70.8 Å². The molecule has 1 fully saturated rings. The summed E-state index contributed by atoms with van der Waals surface area (Å²) in [6.45, 7) is 7.89. The van der Waals surface area contributed by atoms with Crippen LogP contribution in [0.2, 0.25) is 0 Å². The number of aromatic nitrogens is 2. The first-order chi connectivity index (χ1) is 15.7. The number of aryl methyl sites for hydroxylation is 2. The van der Waals surface area contributed by atoms with Crippen LogP contribution in [0.3, 0.4) is 0 Å². The van der Waals surface area contributed by atoms with Crippen molar-refractivity contribution in [3.05, 3.63) is 71.3 Å². The van der Waals surface area contributed by atoms with Gasteiger partial charge in [-0.2, -0.15) is 0 Å². The summed E-state index contributed by atoms with van der Waals surface area (Å²) in [5, 5.41) is 0. The summed E-state index contributed by atoms with van der Waals surface area (Å²) in [5.41, 5.74) is 6.89. The van der Waals surface area contributed by atoms with Crippen LogP contribution in [0.15, 0.2) is 43.0 Å². The van der Waals surface area contributed by atoms with Gasteiger partial charge in [-0.3, -0.25) is 0 Å². The monoisotopic (exact) mass is 431 g/mol. The van der Waals surface area contributed by atoms with Crippen LogP contribution in [-0.2, 0) is 19.3 Å². The van der Waals surface area contributed by atoms with Crippen molar-refractivity contribution in [2.75, 3.05) is 18.0 Å². The number of halogens is 1. The van der Waals surface area contributed by atoms with Gasteiger partial charge in [0.2, 0.25) is 0 Å². The number of hydrogen-bond acceptors (Lipinski definition) is 2. The maximum Gasteiger partial charge on any atom is 0.126 e. The van der Waals surface area contributed by atoms with Gasteiger partial charge in [-0.15, -0.1) is 6.58 Å². The Kier molecular flexibility index (Phi) is 6.03. The molecule has 3 nitrogen and oxygen atoms in total. The van der Waals surface area contributed by atoms with Gasteiger partial charge in [0.25, 0.3) is 0 Å². The standard InChI is InChI=1S/C28H34FN3/c1-3-16-31-17-8-11-23-25(31)14-15-26-28(23)30-27(32(26)22-9-6-5-7-10-22)19-20-12-13-21(4-2)24(29)18-20/h3,12-15,18,22H,1,4-11,16-17,19H2,2H3. The van der Waals surface area contributed by atoms with E-state index in [0.29, 0.717) is 12.5 Å². The molecular weight excluding hydrogens is 397 g/mol. The van der Waals surface area contributed by atoms with Crippen molar-refractivity contribution in [1.82, 2.24) is 9.55 Å². The first kappa shape index (κ1) is 21.2. The number of nitrogens with zero attached hydrogens (tertiary/aromatic N) is 3. The fourth-order valence-electron chi connectivity index (χ4n) is 5.75. The molecule has 1 saturated carbocycles. The Morgan fingerprint density at radius 2 is 1.97 bits per heavy atom. The second-order valence-electron chi connectivity index (χ2n) is 9.42. The molecule has 0 spiro atoms. The lowest BCUT2D eigenvalue weighted by Gasteiger charge is -2.31. The fourth-order valence-corrected chi connectivity index (χ4v) is 5.75. The Balaban J connectivity index is 1.62. The van der Waals surface area contributed by atoms with Gasteiger partial charge in [0.15, 0.2) is 0 Å². The van der Waals surface area contributed by atoms with Gasteiger partial charge >= 0.3 is 0 Å². The van der Waals surface area contributed by atoms with Gasteiger partial charge in [-0.25, -0.2) is 9.37 Å². The lowest BCUT2D eigenvalue weighted by atomic mass is 9.94. The maximum atomic E-state index is 14.5. The molecule has 2 heterocycles. The second-order valence-corrected chi connectivity index (χ2v) is 9.42. The van der Waals surface area contributed by atoms with E-state index in [1.807, 2.05) is 19.1 Å². The van der Waals surface area contributed by atoms with Crippen molar-refractivity contribution in [2.24, 2.45) is 0 Å². The molecule has 0 saturated heterocycles. The van der Waals surface area contributed by atoms with Crippen LogP contribution in [0.25, 0.3) is 11.0 Å². The van der Waals surface area contributed by atoms with E-state index in [0.717, 1.165) is 54.8 Å². The highest BCUT2D eigenvalue weighted by atomic mass is 19.1. The molecule has 2 aromatic carbocycles. The summed E-state index contributed by atoms with van der Waals surface area (Å²) in [7, 11) is 0. The second kappa shape index (κ2) is 9.09. The molecule has 0 radical (unpaired) electrons. The molecule has 3 aromatic rings. The van der Waals surface area contributed by atoms with E-state index in [9.17, 15) is 4.39 Å². The first-order valence-corrected chi connectivity index (χ1v) is 12.4. The van der Waals surface area contributed by atoms with Crippen molar-refractivity contribution < 1.29 is 4.39 Å². The average molecular weight is 432 g/mol. The van der Waals surface area contributed by atoms with Crippen LogP contribution in [-0.4, -0.2) is 22.6 Å². The van der Waals surface area contributed by atoms with Crippen molar-refractivity contribution in [1.29, 1.82) is 0 Å². The van der Waals surface area contributed by atoms with Gasteiger partial charge in [0, 0.05) is 36.8 Å².